The minimum atomic E-state index is -0.619. The van der Waals surface area contributed by atoms with Crippen molar-refractivity contribution in [2.24, 2.45) is 5.92 Å². The number of ether oxygens (including phenoxy) is 4. The molecule has 1 aromatic carbocycles. The summed E-state index contributed by atoms with van der Waals surface area (Å²) in [6.45, 7) is 4.42. The second kappa shape index (κ2) is 8.61. The Labute approximate surface area is 198 Å². The largest absolute Gasteiger partial charge is 0.481 e. The number of benzene rings is 1. The predicted octanol–water partition coefficient (Wildman–Crippen LogP) is 2.10. The lowest BCUT2D eigenvalue weighted by Crippen LogP contribution is -2.65. The van der Waals surface area contributed by atoms with E-state index in [1.807, 2.05) is 12.1 Å². The quantitative estimate of drug-likeness (QED) is 0.383. The van der Waals surface area contributed by atoms with Crippen LogP contribution in [0.1, 0.15) is 37.8 Å². The van der Waals surface area contributed by atoms with Crippen molar-refractivity contribution in [1.29, 1.82) is 0 Å². The van der Waals surface area contributed by atoms with Gasteiger partial charge in [-0.15, -0.1) is 0 Å². The van der Waals surface area contributed by atoms with Gasteiger partial charge in [-0.25, -0.2) is 4.79 Å². The van der Waals surface area contributed by atoms with Gasteiger partial charge in [0.05, 0.1) is 13.0 Å². The number of carbonyl (C=O) groups excluding carboxylic acids is 3. The first-order chi connectivity index (χ1) is 16.3. The third-order valence-corrected chi connectivity index (χ3v) is 7.52. The van der Waals surface area contributed by atoms with Crippen molar-refractivity contribution in [3.63, 3.8) is 0 Å². The molecule has 1 N–H and O–H groups in total. The normalized spacial score (nSPS) is 30.1. The van der Waals surface area contributed by atoms with Gasteiger partial charge in [0.2, 0.25) is 0 Å². The SMILES string of the molecule is CCOC(=O)CCNC(=O)OC1C=C[C@H]2[C@H]3Cc4ccc(OC(C)=O)c5c4[C@@]2(CCN3C)C1O5. The third kappa shape index (κ3) is 3.53. The van der Waals surface area contributed by atoms with E-state index in [9.17, 15) is 14.4 Å². The molecule has 1 aromatic rings. The number of piperidine rings is 1. The molecule has 182 valence electrons. The summed E-state index contributed by atoms with van der Waals surface area (Å²) in [7, 11) is 2.15. The van der Waals surface area contributed by atoms with E-state index in [1.54, 1.807) is 13.0 Å². The molecule has 9 nitrogen and oxygen atoms in total. The van der Waals surface area contributed by atoms with Crippen molar-refractivity contribution >= 4 is 18.0 Å². The lowest BCUT2D eigenvalue weighted by molar-refractivity contribution is -0.143. The number of likely N-dealkylation sites (N-methyl/N-ethyl adjacent to an activating group) is 1. The standard InChI is InChI=1S/C25H30N2O7/c1-4-31-20(29)9-11-26-24(30)33-19-8-6-16-17-13-15-5-7-18(32-14(2)28)22-21(15)25(16,23(19)34-22)10-12-27(17)3/h5-8,16-17,19,23H,4,9-13H2,1-3H3,(H,26,30)/t16-,17+,19?,23?,25-/m0/s1. The number of hydrogen-bond acceptors (Lipinski definition) is 8. The van der Waals surface area contributed by atoms with Crippen LogP contribution < -0.4 is 14.8 Å². The van der Waals surface area contributed by atoms with E-state index < -0.39 is 24.3 Å². The van der Waals surface area contributed by atoms with Crippen molar-refractivity contribution in [3.8, 4) is 11.5 Å². The van der Waals surface area contributed by atoms with Crippen LogP contribution in [0, 0.1) is 5.92 Å². The molecule has 2 aliphatic carbocycles. The number of esters is 2. The number of rotatable bonds is 6. The van der Waals surface area contributed by atoms with Gasteiger partial charge in [-0.05, 0) is 51.1 Å². The van der Waals surface area contributed by atoms with E-state index in [2.05, 4.69) is 23.3 Å². The van der Waals surface area contributed by atoms with Crippen LogP contribution >= 0.6 is 0 Å². The van der Waals surface area contributed by atoms with Gasteiger partial charge in [0.1, 0.15) is 6.10 Å². The van der Waals surface area contributed by atoms with E-state index >= 15 is 0 Å². The molecule has 1 amide bonds. The molecule has 1 saturated heterocycles. The van der Waals surface area contributed by atoms with Crippen LogP contribution in [0.3, 0.4) is 0 Å². The fourth-order valence-corrected chi connectivity index (χ4v) is 6.21. The van der Waals surface area contributed by atoms with Crippen LogP contribution in [0.2, 0.25) is 0 Å². The fourth-order valence-electron chi connectivity index (χ4n) is 6.21. The van der Waals surface area contributed by atoms with Gasteiger partial charge in [0.25, 0.3) is 0 Å². The Hall–Kier alpha value is -3.07. The highest BCUT2D eigenvalue weighted by Crippen LogP contribution is 2.62. The maximum atomic E-state index is 12.6. The topological polar surface area (TPSA) is 103 Å². The van der Waals surface area contributed by atoms with Crippen LogP contribution in [-0.4, -0.2) is 67.9 Å². The summed E-state index contributed by atoms with van der Waals surface area (Å²) >= 11 is 0. The first-order valence-corrected chi connectivity index (χ1v) is 11.8. The Morgan fingerprint density at radius 2 is 2.09 bits per heavy atom. The minimum Gasteiger partial charge on any atom is -0.481 e. The van der Waals surface area contributed by atoms with Gasteiger partial charge in [-0.3, -0.25) is 9.59 Å². The molecular formula is C25H30N2O7. The number of likely N-dealkylation sites (tertiary alicyclic amines) is 1. The summed E-state index contributed by atoms with van der Waals surface area (Å²) in [6.07, 6.45) is 4.20. The first kappa shape index (κ1) is 22.7. The lowest BCUT2D eigenvalue weighted by atomic mass is 9.53. The summed E-state index contributed by atoms with van der Waals surface area (Å²) in [5.41, 5.74) is 1.92. The summed E-state index contributed by atoms with van der Waals surface area (Å²) in [5, 5.41) is 2.63. The average molecular weight is 471 g/mol. The molecule has 5 atom stereocenters. The average Bonchev–Trinajstić information content (AvgIpc) is 3.14. The van der Waals surface area contributed by atoms with E-state index in [0.717, 1.165) is 24.9 Å². The maximum Gasteiger partial charge on any atom is 0.407 e. The van der Waals surface area contributed by atoms with Crippen molar-refractivity contribution in [2.45, 2.75) is 56.8 Å². The Morgan fingerprint density at radius 3 is 2.85 bits per heavy atom. The molecule has 4 aliphatic rings. The van der Waals surface area contributed by atoms with Crippen molar-refractivity contribution in [1.82, 2.24) is 10.2 Å². The summed E-state index contributed by atoms with van der Waals surface area (Å²) in [6, 6.07) is 4.14. The van der Waals surface area contributed by atoms with Gasteiger partial charge in [0, 0.05) is 36.4 Å². The van der Waals surface area contributed by atoms with Crippen molar-refractivity contribution < 1.29 is 33.3 Å². The Balaban J connectivity index is 1.43. The number of amides is 1. The molecule has 0 saturated carbocycles. The molecule has 2 unspecified atom stereocenters. The third-order valence-electron chi connectivity index (χ3n) is 7.52. The van der Waals surface area contributed by atoms with Gasteiger partial charge in [-0.1, -0.05) is 12.1 Å². The van der Waals surface area contributed by atoms with Crippen LogP contribution in [-0.2, 0) is 30.9 Å². The number of nitrogens with one attached hydrogen (secondary N) is 1. The van der Waals surface area contributed by atoms with Gasteiger partial charge < -0.3 is 29.2 Å². The Morgan fingerprint density at radius 1 is 1.26 bits per heavy atom. The van der Waals surface area contributed by atoms with Gasteiger partial charge >= 0.3 is 18.0 Å². The summed E-state index contributed by atoms with van der Waals surface area (Å²) < 4.78 is 22.7. The maximum absolute atomic E-state index is 12.6. The highest BCUT2D eigenvalue weighted by atomic mass is 16.6. The molecule has 5 rings (SSSR count). The second-order valence-electron chi connectivity index (χ2n) is 9.36. The van der Waals surface area contributed by atoms with Crippen LogP contribution in [0.25, 0.3) is 0 Å². The molecule has 9 heteroatoms. The highest BCUT2D eigenvalue weighted by Gasteiger charge is 2.65. The number of nitrogens with zero attached hydrogens (tertiary/aromatic N) is 1. The highest BCUT2D eigenvalue weighted by molar-refractivity contribution is 5.73. The molecule has 0 radical (unpaired) electrons. The van der Waals surface area contributed by atoms with Crippen LogP contribution in [0.4, 0.5) is 4.79 Å². The number of alkyl carbamates (subject to hydrolysis) is 1. The van der Waals surface area contributed by atoms with Crippen molar-refractivity contribution in [2.75, 3.05) is 26.7 Å². The predicted molar refractivity (Wildman–Crippen MR) is 121 cm³/mol. The van der Waals surface area contributed by atoms with Crippen LogP contribution in [0.15, 0.2) is 24.3 Å². The molecule has 2 bridgehead atoms. The molecule has 1 fully saturated rings. The minimum absolute atomic E-state index is 0.0734. The fraction of sp³-hybridized carbons (Fsp3) is 0.560. The van der Waals surface area contributed by atoms with E-state index in [-0.39, 0.29) is 30.3 Å². The van der Waals surface area contributed by atoms with E-state index in [0.29, 0.717) is 24.1 Å². The van der Waals surface area contributed by atoms with Crippen molar-refractivity contribution in [3.05, 3.63) is 35.4 Å². The summed E-state index contributed by atoms with van der Waals surface area (Å²) in [5.74, 6) is 0.410. The zero-order valence-corrected chi connectivity index (χ0v) is 19.7. The molecule has 34 heavy (non-hydrogen) atoms. The molecule has 2 aliphatic heterocycles. The molecule has 2 heterocycles. The van der Waals surface area contributed by atoms with Crippen LogP contribution in [0.5, 0.6) is 11.5 Å². The summed E-state index contributed by atoms with van der Waals surface area (Å²) in [4.78, 5) is 38.2. The Kier molecular flexibility index (Phi) is 5.75. The second-order valence-corrected chi connectivity index (χ2v) is 9.36. The molecule has 0 aromatic heterocycles. The van der Waals surface area contributed by atoms with E-state index in [1.165, 1.54) is 12.5 Å². The lowest BCUT2D eigenvalue weighted by Gasteiger charge is -2.56. The van der Waals surface area contributed by atoms with Gasteiger partial charge in [-0.2, -0.15) is 0 Å². The Bertz CT molecular complexity index is 1050. The smallest absolute Gasteiger partial charge is 0.407 e. The molecule has 1 spiro atoms. The monoisotopic (exact) mass is 470 g/mol. The van der Waals surface area contributed by atoms with Gasteiger partial charge in [0.15, 0.2) is 17.6 Å². The number of carbonyl (C=O) groups is 3. The molecular weight excluding hydrogens is 440 g/mol. The van der Waals surface area contributed by atoms with E-state index in [4.69, 9.17) is 18.9 Å². The first-order valence-electron chi connectivity index (χ1n) is 11.8. The zero-order valence-electron chi connectivity index (χ0n) is 19.7. The number of hydrogen-bond donors (Lipinski definition) is 1. The zero-order chi connectivity index (χ0) is 24.0.